The van der Waals surface area contributed by atoms with Crippen molar-refractivity contribution in [2.75, 3.05) is 14.1 Å². The van der Waals surface area contributed by atoms with Crippen molar-refractivity contribution < 1.29 is 17.6 Å². The minimum Gasteiger partial charge on any atom is -0.296 e. The summed E-state index contributed by atoms with van der Waals surface area (Å²) >= 11 is 0. The molecule has 16 heavy (non-hydrogen) atoms. The molecule has 1 unspecified atom stereocenters. The van der Waals surface area contributed by atoms with Gasteiger partial charge in [0.25, 0.3) is 0 Å². The van der Waals surface area contributed by atoms with Crippen LogP contribution in [0, 0.1) is 5.82 Å². The molecule has 0 N–H and O–H groups in total. The van der Waals surface area contributed by atoms with Crippen LogP contribution >= 0.6 is 0 Å². The summed E-state index contributed by atoms with van der Waals surface area (Å²) in [7, 11) is 2.94. The molecule has 0 saturated heterocycles. The second kappa shape index (κ2) is 5.12. The van der Waals surface area contributed by atoms with Gasteiger partial charge in [-0.15, -0.1) is 0 Å². The standard InChI is InChI=1S/C11H11F4N/c1-16(2)10(9(13)11(14)15)7-3-5-8(12)6-4-7/h3-6,10H,1-2H3. The van der Waals surface area contributed by atoms with E-state index in [4.69, 9.17) is 0 Å². The van der Waals surface area contributed by atoms with Crippen molar-refractivity contribution in [2.24, 2.45) is 0 Å². The van der Waals surface area contributed by atoms with Gasteiger partial charge in [-0.2, -0.15) is 8.78 Å². The zero-order valence-electron chi connectivity index (χ0n) is 8.85. The van der Waals surface area contributed by atoms with Gasteiger partial charge in [0.15, 0.2) is 5.83 Å². The summed E-state index contributed by atoms with van der Waals surface area (Å²) in [6.07, 6.45) is -2.36. The number of hydrogen-bond donors (Lipinski definition) is 0. The van der Waals surface area contributed by atoms with E-state index < -0.39 is 23.8 Å². The lowest BCUT2D eigenvalue weighted by Crippen LogP contribution is -2.21. The molecule has 0 aliphatic carbocycles. The number of hydrogen-bond acceptors (Lipinski definition) is 1. The molecule has 0 fully saturated rings. The third-order valence-electron chi connectivity index (χ3n) is 2.12. The third kappa shape index (κ3) is 2.82. The molecular weight excluding hydrogens is 222 g/mol. The first kappa shape index (κ1) is 12.7. The van der Waals surface area contributed by atoms with Crippen molar-refractivity contribution in [3.63, 3.8) is 0 Å². The fourth-order valence-corrected chi connectivity index (χ4v) is 1.42. The molecule has 88 valence electrons. The molecule has 0 bridgehead atoms. The number of likely N-dealkylation sites (N-methyl/N-ethyl adjacent to an activating group) is 1. The van der Waals surface area contributed by atoms with Crippen molar-refractivity contribution in [1.29, 1.82) is 0 Å². The van der Waals surface area contributed by atoms with E-state index in [1.807, 2.05) is 0 Å². The number of halogens is 4. The van der Waals surface area contributed by atoms with Gasteiger partial charge >= 0.3 is 6.08 Å². The average Bonchev–Trinajstić information content (AvgIpc) is 2.20. The predicted octanol–water partition coefficient (Wildman–Crippen LogP) is 3.51. The first-order valence-electron chi connectivity index (χ1n) is 4.56. The smallest absolute Gasteiger partial charge is 0.296 e. The quantitative estimate of drug-likeness (QED) is 0.722. The maximum atomic E-state index is 13.2. The van der Waals surface area contributed by atoms with E-state index in [1.165, 1.54) is 31.1 Å². The van der Waals surface area contributed by atoms with E-state index in [2.05, 4.69) is 0 Å². The maximum Gasteiger partial charge on any atom is 0.303 e. The lowest BCUT2D eigenvalue weighted by atomic mass is 10.1. The molecule has 0 aliphatic rings. The lowest BCUT2D eigenvalue weighted by Gasteiger charge is -2.22. The Hall–Kier alpha value is -1.36. The topological polar surface area (TPSA) is 3.24 Å². The van der Waals surface area contributed by atoms with Gasteiger partial charge in [0.2, 0.25) is 0 Å². The van der Waals surface area contributed by atoms with Crippen LogP contribution in [0.5, 0.6) is 0 Å². The fraction of sp³-hybridized carbons (Fsp3) is 0.273. The van der Waals surface area contributed by atoms with E-state index in [-0.39, 0.29) is 5.56 Å². The van der Waals surface area contributed by atoms with Gasteiger partial charge in [-0.25, -0.2) is 8.78 Å². The van der Waals surface area contributed by atoms with Gasteiger partial charge in [0, 0.05) is 0 Å². The molecule has 1 rings (SSSR count). The number of nitrogens with zero attached hydrogens (tertiary/aromatic N) is 1. The van der Waals surface area contributed by atoms with Crippen LogP contribution in [-0.4, -0.2) is 19.0 Å². The fourth-order valence-electron chi connectivity index (χ4n) is 1.42. The van der Waals surface area contributed by atoms with Crippen LogP contribution < -0.4 is 0 Å². The van der Waals surface area contributed by atoms with Crippen LogP contribution in [0.15, 0.2) is 36.2 Å². The summed E-state index contributed by atoms with van der Waals surface area (Å²) in [5, 5.41) is 0. The van der Waals surface area contributed by atoms with Crippen molar-refractivity contribution in [3.05, 3.63) is 47.6 Å². The van der Waals surface area contributed by atoms with Crippen molar-refractivity contribution in [2.45, 2.75) is 6.04 Å². The second-order valence-corrected chi connectivity index (χ2v) is 3.53. The van der Waals surface area contributed by atoms with Gasteiger partial charge in [0.1, 0.15) is 5.82 Å². The highest BCUT2D eigenvalue weighted by atomic mass is 19.3. The highest BCUT2D eigenvalue weighted by molar-refractivity contribution is 5.26. The molecule has 0 spiro atoms. The van der Waals surface area contributed by atoms with Crippen LogP contribution in [0.1, 0.15) is 11.6 Å². The second-order valence-electron chi connectivity index (χ2n) is 3.53. The van der Waals surface area contributed by atoms with Crippen LogP contribution in [0.25, 0.3) is 0 Å². The van der Waals surface area contributed by atoms with Crippen LogP contribution in [0.2, 0.25) is 0 Å². The molecule has 1 nitrogen and oxygen atoms in total. The SMILES string of the molecule is CN(C)C(C(F)=C(F)F)c1ccc(F)cc1. The summed E-state index contributed by atoms with van der Waals surface area (Å²) in [5.41, 5.74) is 0.275. The zero-order chi connectivity index (χ0) is 12.3. The van der Waals surface area contributed by atoms with Crippen molar-refractivity contribution in [1.82, 2.24) is 4.90 Å². The summed E-state index contributed by atoms with van der Waals surface area (Å²) < 4.78 is 50.3. The molecule has 0 radical (unpaired) electrons. The molecule has 0 aliphatic heterocycles. The summed E-state index contributed by atoms with van der Waals surface area (Å²) in [6, 6.07) is 3.58. The maximum absolute atomic E-state index is 13.2. The third-order valence-corrected chi connectivity index (χ3v) is 2.12. The average molecular weight is 233 g/mol. The highest BCUT2D eigenvalue weighted by Gasteiger charge is 2.23. The van der Waals surface area contributed by atoms with Gasteiger partial charge in [-0.1, -0.05) is 12.1 Å². The Labute approximate surface area is 91.0 Å². The van der Waals surface area contributed by atoms with Gasteiger partial charge in [-0.05, 0) is 31.8 Å². The lowest BCUT2D eigenvalue weighted by molar-refractivity contribution is 0.263. The Morgan fingerprint density at radius 3 is 1.94 bits per heavy atom. The number of benzene rings is 1. The minimum atomic E-state index is -2.36. The molecule has 0 heterocycles. The molecule has 1 aromatic carbocycles. The molecule has 1 aromatic rings. The summed E-state index contributed by atoms with van der Waals surface area (Å²) in [5.74, 6) is -2.01. The van der Waals surface area contributed by atoms with Crippen LogP contribution in [-0.2, 0) is 0 Å². The van der Waals surface area contributed by atoms with Gasteiger partial charge in [-0.3, -0.25) is 4.90 Å². The molecule has 0 aromatic heterocycles. The monoisotopic (exact) mass is 233 g/mol. The van der Waals surface area contributed by atoms with E-state index in [0.29, 0.717) is 0 Å². The van der Waals surface area contributed by atoms with E-state index in [0.717, 1.165) is 12.1 Å². The molecule has 0 saturated carbocycles. The molecular formula is C11H11F4N. The Morgan fingerprint density at radius 1 is 1.06 bits per heavy atom. The number of rotatable bonds is 3. The summed E-state index contributed by atoms with van der Waals surface area (Å²) in [6.45, 7) is 0. The Bertz CT molecular complexity index is 379. The Kier molecular flexibility index (Phi) is 4.06. The Balaban J connectivity index is 3.13. The first-order chi connectivity index (χ1) is 7.43. The first-order valence-corrected chi connectivity index (χ1v) is 4.56. The van der Waals surface area contributed by atoms with E-state index in [1.54, 1.807) is 0 Å². The minimum absolute atomic E-state index is 0.275. The van der Waals surface area contributed by atoms with Gasteiger partial charge < -0.3 is 0 Å². The molecule has 1 atom stereocenters. The zero-order valence-corrected chi connectivity index (χ0v) is 8.85. The van der Waals surface area contributed by atoms with Crippen LogP contribution in [0.4, 0.5) is 17.6 Å². The van der Waals surface area contributed by atoms with Gasteiger partial charge in [0.05, 0.1) is 6.04 Å². The Morgan fingerprint density at radius 2 is 1.56 bits per heavy atom. The molecule has 5 heteroatoms. The highest BCUT2D eigenvalue weighted by Crippen LogP contribution is 2.30. The predicted molar refractivity (Wildman–Crippen MR) is 53.2 cm³/mol. The van der Waals surface area contributed by atoms with E-state index >= 15 is 0 Å². The van der Waals surface area contributed by atoms with Crippen LogP contribution in [0.3, 0.4) is 0 Å². The van der Waals surface area contributed by atoms with Crippen molar-refractivity contribution >= 4 is 0 Å². The van der Waals surface area contributed by atoms with E-state index in [9.17, 15) is 17.6 Å². The largest absolute Gasteiger partial charge is 0.303 e. The molecule has 0 amide bonds. The van der Waals surface area contributed by atoms with Crippen molar-refractivity contribution in [3.8, 4) is 0 Å². The normalized spacial score (nSPS) is 12.7. The summed E-state index contributed by atoms with van der Waals surface area (Å²) in [4.78, 5) is 1.29.